The third kappa shape index (κ3) is 2.41. The van der Waals surface area contributed by atoms with E-state index in [1.165, 1.54) is 18.8 Å². The standard InChI is InChI=1S/C12H7IN4O2/c13-8-1-2-9-10(3-8)19-5-7(11(9)18)4-14-12-15-6-16-17-12/h1-6H,(H,15,16,17). The Bertz CT molecular complexity index is 808. The predicted octanol–water partition coefficient (Wildman–Crippen LogP) is 2.27. The first-order valence-corrected chi connectivity index (χ1v) is 6.42. The molecule has 3 rings (SSSR count). The maximum Gasteiger partial charge on any atom is 0.245 e. The summed E-state index contributed by atoms with van der Waals surface area (Å²) in [5, 5.41) is 6.77. The van der Waals surface area contributed by atoms with E-state index in [0.29, 0.717) is 22.5 Å². The topological polar surface area (TPSA) is 84.1 Å². The molecule has 3 aromatic rings. The van der Waals surface area contributed by atoms with Crippen LogP contribution in [0.15, 0.2) is 45.0 Å². The van der Waals surface area contributed by atoms with Gasteiger partial charge in [-0.1, -0.05) is 0 Å². The molecular formula is C12H7IN4O2. The van der Waals surface area contributed by atoms with E-state index in [1.54, 1.807) is 6.07 Å². The van der Waals surface area contributed by atoms with Gasteiger partial charge in [0, 0.05) is 9.78 Å². The number of fused-ring (bicyclic) bond motifs is 1. The summed E-state index contributed by atoms with van der Waals surface area (Å²) < 4.78 is 6.44. The minimum Gasteiger partial charge on any atom is -0.463 e. The molecule has 0 atom stereocenters. The summed E-state index contributed by atoms with van der Waals surface area (Å²) >= 11 is 2.16. The van der Waals surface area contributed by atoms with E-state index < -0.39 is 0 Å². The Hall–Kier alpha value is -2.03. The number of nitrogens with zero attached hydrogens (tertiary/aromatic N) is 3. The fourth-order valence-corrected chi connectivity index (χ4v) is 2.06. The van der Waals surface area contributed by atoms with Crippen molar-refractivity contribution >= 4 is 45.7 Å². The van der Waals surface area contributed by atoms with Crippen LogP contribution in [0.25, 0.3) is 11.0 Å². The molecule has 0 saturated carbocycles. The number of aliphatic imine (C=N–C) groups is 1. The number of H-pyrrole nitrogens is 1. The van der Waals surface area contributed by atoms with Crippen LogP contribution in [0.1, 0.15) is 5.56 Å². The number of aromatic amines is 1. The minimum atomic E-state index is -0.124. The normalized spacial score (nSPS) is 11.4. The number of hydrogen-bond donors (Lipinski definition) is 1. The van der Waals surface area contributed by atoms with Crippen LogP contribution in [-0.4, -0.2) is 21.4 Å². The van der Waals surface area contributed by atoms with Crippen molar-refractivity contribution in [3.63, 3.8) is 0 Å². The van der Waals surface area contributed by atoms with Crippen molar-refractivity contribution in [2.75, 3.05) is 0 Å². The summed E-state index contributed by atoms with van der Waals surface area (Å²) in [5.74, 6) is 0.335. The van der Waals surface area contributed by atoms with E-state index in [1.807, 2.05) is 12.1 Å². The zero-order valence-corrected chi connectivity index (χ0v) is 11.7. The fourth-order valence-electron chi connectivity index (χ4n) is 1.60. The third-order valence-electron chi connectivity index (χ3n) is 2.49. The Balaban J connectivity index is 2.08. The lowest BCUT2D eigenvalue weighted by atomic mass is 10.2. The van der Waals surface area contributed by atoms with E-state index in [-0.39, 0.29) is 5.43 Å². The molecule has 0 aliphatic heterocycles. The Morgan fingerprint density at radius 2 is 2.32 bits per heavy atom. The van der Waals surface area contributed by atoms with Crippen molar-refractivity contribution in [1.29, 1.82) is 0 Å². The molecular weight excluding hydrogens is 359 g/mol. The molecule has 1 N–H and O–H groups in total. The van der Waals surface area contributed by atoms with Gasteiger partial charge in [0.15, 0.2) is 0 Å². The maximum absolute atomic E-state index is 12.2. The number of benzene rings is 1. The van der Waals surface area contributed by atoms with Gasteiger partial charge >= 0.3 is 0 Å². The van der Waals surface area contributed by atoms with Gasteiger partial charge in [-0.05, 0) is 40.8 Å². The lowest BCUT2D eigenvalue weighted by molar-refractivity contribution is 0.601. The second kappa shape index (κ2) is 4.92. The first-order valence-electron chi connectivity index (χ1n) is 5.34. The van der Waals surface area contributed by atoms with E-state index >= 15 is 0 Å². The van der Waals surface area contributed by atoms with Gasteiger partial charge < -0.3 is 4.42 Å². The van der Waals surface area contributed by atoms with Crippen molar-refractivity contribution in [2.45, 2.75) is 0 Å². The van der Waals surface area contributed by atoms with Crippen LogP contribution < -0.4 is 5.43 Å². The fraction of sp³-hybridized carbons (Fsp3) is 0. The van der Waals surface area contributed by atoms with Crippen molar-refractivity contribution < 1.29 is 4.42 Å². The maximum atomic E-state index is 12.2. The first kappa shape index (κ1) is 12.0. The van der Waals surface area contributed by atoms with Gasteiger partial charge in [0.2, 0.25) is 11.4 Å². The SMILES string of the molecule is O=c1c(C=Nc2ncn[nH]2)coc2cc(I)ccc12. The van der Waals surface area contributed by atoms with Crippen molar-refractivity contribution in [2.24, 2.45) is 4.99 Å². The van der Waals surface area contributed by atoms with Crippen molar-refractivity contribution in [3.8, 4) is 0 Å². The van der Waals surface area contributed by atoms with Crippen LogP contribution in [0.5, 0.6) is 0 Å². The summed E-state index contributed by atoms with van der Waals surface area (Å²) in [6.45, 7) is 0. The molecule has 0 saturated heterocycles. The van der Waals surface area contributed by atoms with E-state index in [4.69, 9.17) is 4.42 Å². The molecule has 94 valence electrons. The molecule has 19 heavy (non-hydrogen) atoms. The van der Waals surface area contributed by atoms with E-state index in [0.717, 1.165) is 3.57 Å². The summed E-state index contributed by atoms with van der Waals surface area (Å²) in [6, 6.07) is 5.42. The van der Waals surface area contributed by atoms with Crippen molar-refractivity contribution in [3.05, 3.63) is 50.1 Å². The monoisotopic (exact) mass is 366 g/mol. The second-order valence-corrected chi connectivity index (χ2v) is 4.97. The number of nitrogens with one attached hydrogen (secondary N) is 1. The Kier molecular flexibility index (Phi) is 3.11. The molecule has 1 aromatic carbocycles. The highest BCUT2D eigenvalue weighted by Crippen LogP contribution is 2.15. The molecule has 0 spiro atoms. The van der Waals surface area contributed by atoms with Crippen LogP contribution in [0.2, 0.25) is 0 Å². The molecule has 2 heterocycles. The number of aromatic nitrogens is 3. The summed E-state index contributed by atoms with van der Waals surface area (Å²) in [7, 11) is 0. The van der Waals surface area contributed by atoms with Gasteiger partial charge in [0.25, 0.3) is 0 Å². The molecule has 0 fully saturated rings. The Morgan fingerprint density at radius 1 is 1.42 bits per heavy atom. The van der Waals surface area contributed by atoms with Crippen LogP contribution in [-0.2, 0) is 0 Å². The van der Waals surface area contributed by atoms with Gasteiger partial charge in [-0.2, -0.15) is 10.1 Å². The summed E-state index contributed by atoms with van der Waals surface area (Å²) in [6.07, 6.45) is 4.14. The summed E-state index contributed by atoms with van der Waals surface area (Å²) in [4.78, 5) is 20.0. The smallest absolute Gasteiger partial charge is 0.245 e. The highest BCUT2D eigenvalue weighted by atomic mass is 127. The lowest BCUT2D eigenvalue weighted by Crippen LogP contribution is -2.07. The largest absolute Gasteiger partial charge is 0.463 e. The summed E-state index contributed by atoms with van der Waals surface area (Å²) in [5.41, 5.74) is 0.805. The molecule has 0 aliphatic carbocycles. The third-order valence-corrected chi connectivity index (χ3v) is 3.16. The average Bonchev–Trinajstić information content (AvgIpc) is 2.91. The van der Waals surface area contributed by atoms with Gasteiger partial charge in [-0.15, -0.1) is 0 Å². The first-order chi connectivity index (χ1) is 9.24. The predicted molar refractivity (Wildman–Crippen MR) is 78.8 cm³/mol. The molecule has 0 radical (unpaired) electrons. The zero-order chi connectivity index (χ0) is 13.2. The number of rotatable bonds is 2. The van der Waals surface area contributed by atoms with Gasteiger partial charge in [0.1, 0.15) is 18.2 Å². The average molecular weight is 366 g/mol. The van der Waals surface area contributed by atoms with Crippen molar-refractivity contribution in [1.82, 2.24) is 15.2 Å². The van der Waals surface area contributed by atoms with E-state index in [2.05, 4.69) is 42.8 Å². The van der Waals surface area contributed by atoms with E-state index in [9.17, 15) is 4.79 Å². The molecule has 7 heteroatoms. The zero-order valence-electron chi connectivity index (χ0n) is 9.50. The highest BCUT2D eigenvalue weighted by Gasteiger charge is 2.05. The number of hydrogen-bond acceptors (Lipinski definition) is 5. The highest BCUT2D eigenvalue weighted by molar-refractivity contribution is 14.1. The van der Waals surface area contributed by atoms with Crippen LogP contribution >= 0.6 is 22.6 Å². The molecule has 0 unspecified atom stereocenters. The quantitative estimate of drug-likeness (QED) is 0.557. The number of halogens is 1. The molecule has 2 aromatic heterocycles. The minimum absolute atomic E-state index is 0.124. The van der Waals surface area contributed by atoms with Crippen LogP contribution in [0.3, 0.4) is 0 Å². The van der Waals surface area contributed by atoms with Crippen LogP contribution in [0.4, 0.5) is 5.95 Å². The molecule has 6 nitrogen and oxygen atoms in total. The van der Waals surface area contributed by atoms with Gasteiger partial charge in [-0.3, -0.25) is 4.79 Å². The molecule has 0 bridgehead atoms. The Morgan fingerprint density at radius 3 is 3.11 bits per heavy atom. The molecule has 0 amide bonds. The molecule has 0 aliphatic rings. The second-order valence-electron chi connectivity index (χ2n) is 3.73. The Labute approximate surface area is 120 Å². The van der Waals surface area contributed by atoms with Crippen LogP contribution in [0, 0.1) is 3.57 Å². The van der Waals surface area contributed by atoms with Gasteiger partial charge in [0.05, 0.1) is 10.9 Å². The van der Waals surface area contributed by atoms with Gasteiger partial charge in [-0.25, -0.2) is 10.1 Å². The lowest BCUT2D eigenvalue weighted by Gasteiger charge is -1.98.